The van der Waals surface area contributed by atoms with Gasteiger partial charge in [-0.05, 0) is 11.1 Å². The molecule has 0 amide bonds. The standard InChI is InChI=1S/C31H22N4O/c36-31(34-21-27(23-13-5-1-6-14-23)29(32-34)25-17-9-3-10-18-25)35-22-28(24-15-7-2-8-16-24)30(33-35)26-19-11-4-12-20-26/h1-22H. The van der Waals surface area contributed by atoms with Crippen LogP contribution in [0.15, 0.2) is 134 Å². The molecule has 0 aliphatic heterocycles. The van der Waals surface area contributed by atoms with E-state index in [0.717, 1.165) is 44.8 Å². The predicted octanol–water partition coefficient (Wildman–Crippen LogP) is 7.26. The first-order chi connectivity index (χ1) is 17.8. The number of carbonyl (C=O) groups excluding carboxylic acids is 1. The van der Waals surface area contributed by atoms with Gasteiger partial charge >= 0.3 is 6.03 Å². The number of carbonyl (C=O) groups is 1. The Labute approximate surface area is 208 Å². The first-order valence-corrected chi connectivity index (χ1v) is 11.7. The molecule has 172 valence electrons. The molecule has 5 heteroatoms. The van der Waals surface area contributed by atoms with Crippen LogP contribution >= 0.6 is 0 Å². The van der Waals surface area contributed by atoms with Gasteiger partial charge in [0.1, 0.15) is 11.4 Å². The monoisotopic (exact) mass is 466 g/mol. The zero-order valence-electron chi connectivity index (χ0n) is 19.4. The van der Waals surface area contributed by atoms with Gasteiger partial charge in [-0.2, -0.15) is 19.6 Å². The van der Waals surface area contributed by atoms with Gasteiger partial charge in [0, 0.05) is 34.6 Å². The Kier molecular flexibility index (Phi) is 5.56. The lowest BCUT2D eigenvalue weighted by Gasteiger charge is -2.02. The highest BCUT2D eigenvalue weighted by Crippen LogP contribution is 2.33. The third kappa shape index (κ3) is 4.03. The highest BCUT2D eigenvalue weighted by molar-refractivity contribution is 5.88. The SMILES string of the molecule is O=C(n1cc(-c2ccccc2)c(-c2ccccc2)n1)n1cc(-c2ccccc2)c(-c2ccccc2)n1. The van der Waals surface area contributed by atoms with Crippen LogP contribution in [0.5, 0.6) is 0 Å². The molecule has 0 bridgehead atoms. The van der Waals surface area contributed by atoms with Crippen LogP contribution in [0.2, 0.25) is 0 Å². The molecule has 0 saturated carbocycles. The van der Waals surface area contributed by atoms with Crippen LogP contribution in [0.25, 0.3) is 44.8 Å². The van der Waals surface area contributed by atoms with Crippen LogP contribution in [-0.4, -0.2) is 25.6 Å². The van der Waals surface area contributed by atoms with E-state index >= 15 is 0 Å². The van der Waals surface area contributed by atoms with Crippen molar-refractivity contribution in [3.8, 4) is 44.8 Å². The lowest BCUT2D eigenvalue weighted by molar-refractivity contribution is 0.238. The Balaban J connectivity index is 1.48. The number of benzene rings is 4. The van der Waals surface area contributed by atoms with E-state index in [-0.39, 0.29) is 6.03 Å². The smallest absolute Gasteiger partial charge is 0.244 e. The van der Waals surface area contributed by atoms with Gasteiger partial charge < -0.3 is 0 Å². The fourth-order valence-corrected chi connectivity index (χ4v) is 4.33. The molecule has 0 atom stereocenters. The summed E-state index contributed by atoms with van der Waals surface area (Å²) in [5.74, 6) is 0. The molecule has 2 aromatic heterocycles. The molecule has 0 fully saturated rings. The molecule has 5 nitrogen and oxygen atoms in total. The highest BCUT2D eigenvalue weighted by atomic mass is 16.2. The zero-order valence-corrected chi connectivity index (χ0v) is 19.4. The van der Waals surface area contributed by atoms with E-state index in [1.54, 1.807) is 12.4 Å². The van der Waals surface area contributed by atoms with Gasteiger partial charge in [-0.3, -0.25) is 0 Å². The summed E-state index contributed by atoms with van der Waals surface area (Å²) in [6.07, 6.45) is 3.57. The van der Waals surface area contributed by atoms with Crippen molar-refractivity contribution in [2.24, 2.45) is 0 Å². The molecular weight excluding hydrogens is 444 g/mol. The third-order valence-corrected chi connectivity index (χ3v) is 6.08. The summed E-state index contributed by atoms with van der Waals surface area (Å²) in [7, 11) is 0. The minimum absolute atomic E-state index is 0.353. The van der Waals surface area contributed by atoms with E-state index in [9.17, 15) is 4.79 Å². The molecule has 0 N–H and O–H groups in total. The highest BCUT2D eigenvalue weighted by Gasteiger charge is 2.21. The normalized spacial score (nSPS) is 10.9. The van der Waals surface area contributed by atoms with Crippen molar-refractivity contribution in [3.63, 3.8) is 0 Å². The number of nitrogens with zero attached hydrogens (tertiary/aromatic N) is 4. The Morgan fingerprint density at radius 2 is 0.750 bits per heavy atom. The first kappa shape index (κ1) is 21.5. The molecule has 0 aliphatic rings. The Morgan fingerprint density at radius 3 is 1.08 bits per heavy atom. The van der Waals surface area contributed by atoms with Crippen molar-refractivity contribution in [1.82, 2.24) is 19.6 Å². The minimum atomic E-state index is -0.353. The van der Waals surface area contributed by atoms with Crippen LogP contribution in [-0.2, 0) is 0 Å². The summed E-state index contributed by atoms with van der Waals surface area (Å²) < 4.78 is 2.75. The predicted molar refractivity (Wildman–Crippen MR) is 142 cm³/mol. The average Bonchev–Trinajstić information content (AvgIpc) is 3.61. The quantitative estimate of drug-likeness (QED) is 0.275. The molecule has 2 heterocycles. The summed E-state index contributed by atoms with van der Waals surface area (Å²) in [5, 5.41) is 9.45. The molecule has 0 aliphatic carbocycles. The van der Waals surface area contributed by atoms with E-state index < -0.39 is 0 Å². The molecule has 6 rings (SSSR count). The fraction of sp³-hybridized carbons (Fsp3) is 0. The molecule has 0 spiro atoms. The molecule has 0 saturated heterocycles. The Bertz CT molecular complexity index is 1380. The largest absolute Gasteiger partial charge is 0.369 e. The van der Waals surface area contributed by atoms with Crippen LogP contribution in [0, 0.1) is 0 Å². The van der Waals surface area contributed by atoms with Gasteiger partial charge in [-0.15, -0.1) is 0 Å². The summed E-state index contributed by atoms with van der Waals surface area (Å²) in [6, 6.07) is 39.4. The van der Waals surface area contributed by atoms with Gasteiger partial charge in [0.2, 0.25) is 0 Å². The van der Waals surface area contributed by atoms with Gasteiger partial charge in [0.05, 0.1) is 0 Å². The maximum Gasteiger partial charge on any atom is 0.369 e. The Hall–Kier alpha value is -5.03. The number of hydrogen-bond acceptors (Lipinski definition) is 3. The second-order valence-electron chi connectivity index (χ2n) is 8.42. The van der Waals surface area contributed by atoms with Gasteiger partial charge in [0.25, 0.3) is 0 Å². The number of hydrogen-bond donors (Lipinski definition) is 0. The van der Waals surface area contributed by atoms with E-state index in [4.69, 9.17) is 10.2 Å². The lowest BCUT2D eigenvalue weighted by Crippen LogP contribution is -2.20. The van der Waals surface area contributed by atoms with Gasteiger partial charge in [0.15, 0.2) is 0 Å². The van der Waals surface area contributed by atoms with E-state index in [1.807, 2.05) is 121 Å². The maximum absolute atomic E-state index is 13.7. The molecule has 0 radical (unpaired) electrons. The summed E-state index contributed by atoms with van der Waals surface area (Å²) in [6.45, 7) is 0. The molecular formula is C31H22N4O. The average molecular weight is 467 g/mol. The molecule has 6 aromatic rings. The van der Waals surface area contributed by atoms with Crippen molar-refractivity contribution in [3.05, 3.63) is 134 Å². The second-order valence-corrected chi connectivity index (χ2v) is 8.42. The van der Waals surface area contributed by atoms with Gasteiger partial charge in [-0.25, -0.2) is 4.79 Å². The van der Waals surface area contributed by atoms with Crippen molar-refractivity contribution in [2.75, 3.05) is 0 Å². The third-order valence-electron chi connectivity index (χ3n) is 6.08. The van der Waals surface area contributed by atoms with Crippen molar-refractivity contribution < 1.29 is 4.79 Å². The van der Waals surface area contributed by atoms with E-state index in [1.165, 1.54) is 9.36 Å². The minimum Gasteiger partial charge on any atom is -0.244 e. The first-order valence-electron chi connectivity index (χ1n) is 11.7. The van der Waals surface area contributed by atoms with Gasteiger partial charge in [-0.1, -0.05) is 121 Å². The fourth-order valence-electron chi connectivity index (χ4n) is 4.33. The molecule has 4 aromatic carbocycles. The molecule has 36 heavy (non-hydrogen) atoms. The lowest BCUT2D eigenvalue weighted by atomic mass is 10.0. The van der Waals surface area contributed by atoms with Crippen LogP contribution in [0.3, 0.4) is 0 Å². The van der Waals surface area contributed by atoms with E-state index in [0.29, 0.717) is 0 Å². The van der Waals surface area contributed by atoms with Crippen molar-refractivity contribution in [2.45, 2.75) is 0 Å². The van der Waals surface area contributed by atoms with Crippen molar-refractivity contribution in [1.29, 1.82) is 0 Å². The topological polar surface area (TPSA) is 52.7 Å². The Morgan fingerprint density at radius 1 is 0.444 bits per heavy atom. The summed E-state index contributed by atoms with van der Waals surface area (Å²) >= 11 is 0. The summed E-state index contributed by atoms with van der Waals surface area (Å²) in [4.78, 5) is 13.7. The second kappa shape index (κ2) is 9.31. The van der Waals surface area contributed by atoms with E-state index in [2.05, 4.69) is 0 Å². The van der Waals surface area contributed by atoms with Crippen LogP contribution in [0.4, 0.5) is 4.79 Å². The van der Waals surface area contributed by atoms with Crippen LogP contribution in [0.1, 0.15) is 0 Å². The van der Waals surface area contributed by atoms with Crippen molar-refractivity contribution >= 4 is 6.03 Å². The summed E-state index contributed by atoms with van der Waals surface area (Å²) in [5.41, 5.74) is 7.12. The molecule has 0 unspecified atom stereocenters. The number of rotatable bonds is 4. The number of aromatic nitrogens is 4. The maximum atomic E-state index is 13.7. The zero-order chi connectivity index (χ0) is 24.3. The van der Waals surface area contributed by atoms with Crippen LogP contribution < -0.4 is 0 Å².